The molecule has 16 heavy (non-hydrogen) atoms. The summed E-state index contributed by atoms with van der Waals surface area (Å²) in [6.45, 7) is 1.91. The summed E-state index contributed by atoms with van der Waals surface area (Å²) >= 11 is 0. The van der Waals surface area contributed by atoms with Crippen LogP contribution in [0, 0.1) is 6.92 Å². The highest BCUT2D eigenvalue weighted by Gasteiger charge is 2.14. The van der Waals surface area contributed by atoms with Crippen molar-refractivity contribution < 1.29 is 9.90 Å². The second-order valence-electron chi connectivity index (χ2n) is 3.38. The molecule has 2 aromatic heterocycles. The molecule has 3 N–H and O–H groups in total. The number of carboxylic acids is 1. The van der Waals surface area contributed by atoms with E-state index in [1.165, 1.54) is 10.9 Å². The predicted molar refractivity (Wildman–Crippen MR) is 57.5 cm³/mol. The number of nitrogens with zero attached hydrogens (tertiary/aromatic N) is 3. The SMILES string of the molecule is Cc1ccc(-n2cc(N)c(C(=O)O)n2)nc1. The third kappa shape index (κ3) is 1.72. The van der Waals surface area contributed by atoms with E-state index in [2.05, 4.69) is 10.1 Å². The smallest absolute Gasteiger partial charge is 0.358 e. The van der Waals surface area contributed by atoms with Gasteiger partial charge < -0.3 is 10.8 Å². The largest absolute Gasteiger partial charge is 0.476 e. The van der Waals surface area contributed by atoms with E-state index in [1.807, 2.05) is 13.0 Å². The Balaban J connectivity index is 2.45. The van der Waals surface area contributed by atoms with Crippen LogP contribution in [-0.2, 0) is 0 Å². The Kier molecular flexibility index (Phi) is 2.32. The molecule has 0 spiro atoms. The van der Waals surface area contributed by atoms with Crippen LogP contribution in [0.1, 0.15) is 16.1 Å². The molecule has 2 heterocycles. The van der Waals surface area contributed by atoms with Crippen LogP contribution in [0.2, 0.25) is 0 Å². The summed E-state index contributed by atoms with van der Waals surface area (Å²) in [5.74, 6) is -0.617. The normalized spacial score (nSPS) is 10.3. The first-order chi connectivity index (χ1) is 7.58. The van der Waals surface area contributed by atoms with E-state index < -0.39 is 5.97 Å². The highest BCUT2D eigenvalue weighted by Crippen LogP contribution is 2.12. The number of anilines is 1. The minimum Gasteiger partial charge on any atom is -0.476 e. The van der Waals surface area contributed by atoms with Crippen molar-refractivity contribution in [2.75, 3.05) is 5.73 Å². The molecule has 0 aromatic carbocycles. The van der Waals surface area contributed by atoms with Crippen LogP contribution >= 0.6 is 0 Å². The van der Waals surface area contributed by atoms with Gasteiger partial charge in [0.15, 0.2) is 11.5 Å². The Bertz CT molecular complexity index is 530. The van der Waals surface area contributed by atoms with Crippen LogP contribution < -0.4 is 5.73 Å². The Morgan fingerprint density at radius 1 is 1.50 bits per heavy atom. The molecule has 0 radical (unpaired) electrons. The van der Waals surface area contributed by atoms with Gasteiger partial charge in [-0.1, -0.05) is 6.07 Å². The molecule has 0 aliphatic carbocycles. The van der Waals surface area contributed by atoms with Gasteiger partial charge in [-0.25, -0.2) is 14.5 Å². The molecule has 2 aromatic rings. The number of hydrogen-bond acceptors (Lipinski definition) is 4. The standard InChI is InChI=1S/C10H10N4O2/c1-6-2-3-8(12-4-6)14-5-7(11)9(13-14)10(15)16/h2-5H,11H2,1H3,(H,15,16). The third-order valence-electron chi connectivity index (χ3n) is 2.08. The van der Waals surface area contributed by atoms with Gasteiger partial charge in [-0.3, -0.25) is 0 Å². The maximum absolute atomic E-state index is 10.7. The summed E-state index contributed by atoms with van der Waals surface area (Å²) in [7, 11) is 0. The Hall–Kier alpha value is -2.37. The summed E-state index contributed by atoms with van der Waals surface area (Å²) in [6, 6.07) is 3.61. The first kappa shape index (κ1) is 10.2. The number of aromatic nitrogens is 3. The number of pyridine rings is 1. The molecule has 0 saturated carbocycles. The fourth-order valence-corrected chi connectivity index (χ4v) is 1.27. The van der Waals surface area contributed by atoms with Gasteiger partial charge in [0, 0.05) is 6.20 Å². The maximum atomic E-state index is 10.7. The molecule has 0 bridgehead atoms. The van der Waals surface area contributed by atoms with Crippen molar-refractivity contribution in [3.8, 4) is 5.82 Å². The minimum absolute atomic E-state index is 0.120. The highest BCUT2D eigenvalue weighted by atomic mass is 16.4. The molecule has 2 rings (SSSR count). The topological polar surface area (TPSA) is 94.0 Å². The monoisotopic (exact) mass is 218 g/mol. The lowest BCUT2D eigenvalue weighted by Crippen LogP contribution is -2.03. The zero-order chi connectivity index (χ0) is 11.7. The van der Waals surface area contributed by atoms with E-state index in [0.29, 0.717) is 5.82 Å². The minimum atomic E-state index is -1.15. The zero-order valence-corrected chi connectivity index (χ0v) is 8.58. The number of nitrogens with two attached hydrogens (primary N) is 1. The van der Waals surface area contributed by atoms with Gasteiger partial charge in [0.25, 0.3) is 0 Å². The number of aromatic carboxylic acids is 1. The van der Waals surface area contributed by atoms with Gasteiger partial charge in [-0.05, 0) is 18.6 Å². The van der Waals surface area contributed by atoms with E-state index in [0.717, 1.165) is 5.56 Å². The van der Waals surface area contributed by atoms with Crippen LogP contribution in [-0.4, -0.2) is 25.8 Å². The Morgan fingerprint density at radius 3 is 2.75 bits per heavy atom. The van der Waals surface area contributed by atoms with Crippen molar-refractivity contribution in [1.82, 2.24) is 14.8 Å². The van der Waals surface area contributed by atoms with Crippen LogP contribution in [0.25, 0.3) is 5.82 Å². The molecular formula is C10H10N4O2. The van der Waals surface area contributed by atoms with Crippen molar-refractivity contribution in [2.45, 2.75) is 6.92 Å². The van der Waals surface area contributed by atoms with Gasteiger partial charge >= 0.3 is 5.97 Å². The van der Waals surface area contributed by atoms with E-state index in [1.54, 1.807) is 12.3 Å². The van der Waals surface area contributed by atoms with E-state index in [9.17, 15) is 4.79 Å². The van der Waals surface area contributed by atoms with Crippen LogP contribution in [0.4, 0.5) is 5.69 Å². The van der Waals surface area contributed by atoms with Crippen molar-refractivity contribution in [2.24, 2.45) is 0 Å². The zero-order valence-electron chi connectivity index (χ0n) is 8.58. The first-order valence-corrected chi connectivity index (χ1v) is 4.59. The molecule has 6 nitrogen and oxygen atoms in total. The van der Waals surface area contributed by atoms with Crippen molar-refractivity contribution in [3.63, 3.8) is 0 Å². The second-order valence-corrected chi connectivity index (χ2v) is 3.38. The second kappa shape index (κ2) is 3.65. The van der Waals surface area contributed by atoms with E-state index in [-0.39, 0.29) is 11.4 Å². The molecule has 0 atom stereocenters. The quantitative estimate of drug-likeness (QED) is 0.779. The van der Waals surface area contributed by atoms with Gasteiger partial charge in [0.05, 0.1) is 11.9 Å². The summed E-state index contributed by atoms with van der Waals surface area (Å²) in [5, 5.41) is 12.6. The third-order valence-corrected chi connectivity index (χ3v) is 2.08. The first-order valence-electron chi connectivity index (χ1n) is 4.59. The Labute approximate surface area is 91.3 Å². The van der Waals surface area contributed by atoms with Crippen LogP contribution in [0.15, 0.2) is 24.5 Å². The van der Waals surface area contributed by atoms with Gasteiger partial charge in [-0.2, -0.15) is 5.10 Å². The average molecular weight is 218 g/mol. The lowest BCUT2D eigenvalue weighted by Gasteiger charge is -1.99. The van der Waals surface area contributed by atoms with Crippen molar-refractivity contribution in [1.29, 1.82) is 0 Å². The molecule has 0 saturated heterocycles. The molecule has 0 aliphatic rings. The highest BCUT2D eigenvalue weighted by molar-refractivity contribution is 5.91. The molecule has 82 valence electrons. The van der Waals surface area contributed by atoms with Crippen LogP contribution in [0.5, 0.6) is 0 Å². The predicted octanol–water partition coefficient (Wildman–Crippen LogP) is 0.856. The molecule has 6 heteroatoms. The molecule has 0 unspecified atom stereocenters. The fraction of sp³-hybridized carbons (Fsp3) is 0.100. The van der Waals surface area contributed by atoms with Crippen molar-refractivity contribution in [3.05, 3.63) is 35.8 Å². The number of hydrogen-bond donors (Lipinski definition) is 2. The number of carboxylic acid groups (broad SMARTS) is 1. The fourth-order valence-electron chi connectivity index (χ4n) is 1.27. The number of carbonyl (C=O) groups is 1. The number of nitrogen functional groups attached to an aromatic ring is 1. The summed E-state index contributed by atoms with van der Waals surface area (Å²) in [6.07, 6.45) is 3.11. The lowest BCUT2D eigenvalue weighted by atomic mass is 10.3. The van der Waals surface area contributed by atoms with Crippen molar-refractivity contribution >= 4 is 11.7 Å². The molecule has 0 aliphatic heterocycles. The maximum Gasteiger partial charge on any atom is 0.358 e. The van der Waals surface area contributed by atoms with Gasteiger partial charge in [-0.15, -0.1) is 0 Å². The molecular weight excluding hydrogens is 208 g/mol. The summed E-state index contributed by atoms with van der Waals surface area (Å²) < 4.78 is 1.35. The van der Waals surface area contributed by atoms with E-state index >= 15 is 0 Å². The Morgan fingerprint density at radius 2 is 2.25 bits per heavy atom. The number of rotatable bonds is 2. The van der Waals surface area contributed by atoms with Gasteiger partial charge in [0.1, 0.15) is 0 Å². The number of aryl methyl sites for hydroxylation is 1. The average Bonchev–Trinajstić information content (AvgIpc) is 2.61. The van der Waals surface area contributed by atoms with Crippen LogP contribution in [0.3, 0.4) is 0 Å². The van der Waals surface area contributed by atoms with Gasteiger partial charge in [0.2, 0.25) is 0 Å². The summed E-state index contributed by atoms with van der Waals surface area (Å²) in [5.41, 5.74) is 6.49. The van der Waals surface area contributed by atoms with E-state index in [4.69, 9.17) is 10.8 Å². The molecule has 0 amide bonds. The molecule has 0 fully saturated rings. The summed E-state index contributed by atoms with van der Waals surface area (Å²) in [4.78, 5) is 14.9. The lowest BCUT2D eigenvalue weighted by molar-refractivity contribution is 0.0691.